The third-order valence-corrected chi connectivity index (χ3v) is 4.42. The summed E-state index contributed by atoms with van der Waals surface area (Å²) < 4.78 is 39.0. The van der Waals surface area contributed by atoms with E-state index in [0.29, 0.717) is 23.9 Å². The van der Waals surface area contributed by atoms with Crippen molar-refractivity contribution in [3.05, 3.63) is 5.01 Å². The molecule has 0 aromatic carbocycles. The Bertz CT molecular complexity index is 431. The molecule has 0 radical (unpaired) electrons. The van der Waals surface area contributed by atoms with Crippen LogP contribution in [0, 0.1) is 11.8 Å². The Labute approximate surface area is 121 Å². The molecule has 1 heterocycles. The number of halogens is 3. The minimum absolute atomic E-state index is 0.207. The third-order valence-electron chi connectivity index (χ3n) is 3.54. The van der Waals surface area contributed by atoms with Crippen LogP contribution < -0.4 is 5.32 Å². The number of nitrogens with one attached hydrogen (secondary N) is 1. The van der Waals surface area contributed by atoms with Crippen LogP contribution in [-0.4, -0.2) is 22.4 Å². The van der Waals surface area contributed by atoms with Crippen molar-refractivity contribution in [3.8, 4) is 0 Å². The molecule has 2 rings (SSSR count). The van der Waals surface area contributed by atoms with Crippen LogP contribution in [0.4, 0.5) is 18.3 Å². The van der Waals surface area contributed by atoms with E-state index >= 15 is 0 Å². The molecule has 0 amide bonds. The molecule has 0 saturated heterocycles. The third kappa shape index (κ3) is 4.07. The van der Waals surface area contributed by atoms with Crippen LogP contribution in [0.25, 0.3) is 0 Å². The minimum Gasteiger partial charge on any atom is -0.357 e. The largest absolute Gasteiger partial charge is 0.393 e. The summed E-state index contributed by atoms with van der Waals surface area (Å²) in [5, 5.41) is 12.4. The molecule has 1 saturated carbocycles. The molecular formula is C13H20F3N3S. The van der Waals surface area contributed by atoms with Gasteiger partial charge in [0.1, 0.15) is 5.01 Å². The lowest BCUT2D eigenvalue weighted by Gasteiger charge is -2.33. The van der Waals surface area contributed by atoms with Crippen molar-refractivity contribution in [3.63, 3.8) is 0 Å². The van der Waals surface area contributed by atoms with Gasteiger partial charge in [-0.2, -0.15) is 13.2 Å². The molecule has 1 aliphatic carbocycles. The maximum atomic E-state index is 13.0. The zero-order valence-corrected chi connectivity index (χ0v) is 12.5. The molecule has 1 N–H and O–H groups in total. The molecular weight excluding hydrogens is 287 g/mol. The summed E-state index contributed by atoms with van der Waals surface area (Å²) in [5.74, 6) is -0.804. The van der Waals surface area contributed by atoms with Gasteiger partial charge >= 0.3 is 6.18 Å². The lowest BCUT2D eigenvalue weighted by Crippen LogP contribution is -2.41. The predicted molar refractivity (Wildman–Crippen MR) is 73.9 cm³/mol. The summed E-state index contributed by atoms with van der Waals surface area (Å²) in [6, 6.07) is -0.566. The number of hydrogen-bond acceptors (Lipinski definition) is 4. The molecule has 2 atom stereocenters. The average molecular weight is 307 g/mol. The number of anilines is 1. The molecule has 7 heteroatoms. The van der Waals surface area contributed by atoms with E-state index in [9.17, 15) is 13.2 Å². The summed E-state index contributed by atoms with van der Waals surface area (Å²) in [7, 11) is 0. The van der Waals surface area contributed by atoms with E-state index in [0.717, 1.165) is 17.8 Å². The van der Waals surface area contributed by atoms with Crippen LogP contribution in [0.15, 0.2) is 0 Å². The first-order valence-corrected chi connectivity index (χ1v) is 7.83. The van der Waals surface area contributed by atoms with Crippen LogP contribution >= 0.6 is 11.3 Å². The normalized spacial score (nSPS) is 24.1. The standard InChI is InChI=1S/C13H20F3N3S/c1-8(2)7-11-18-19-12(20-11)17-10-6-4-3-5-9(10)13(14,15)16/h8-10H,3-7H2,1-2H3,(H,17,19). The highest BCUT2D eigenvalue weighted by Crippen LogP contribution is 2.39. The van der Waals surface area contributed by atoms with E-state index in [4.69, 9.17) is 0 Å². The van der Waals surface area contributed by atoms with E-state index in [2.05, 4.69) is 29.4 Å². The van der Waals surface area contributed by atoms with Crippen LogP contribution in [0.5, 0.6) is 0 Å². The Balaban J connectivity index is 2.01. The highest BCUT2D eigenvalue weighted by molar-refractivity contribution is 7.15. The highest BCUT2D eigenvalue weighted by Gasteiger charge is 2.45. The molecule has 20 heavy (non-hydrogen) atoms. The van der Waals surface area contributed by atoms with Crippen LogP contribution in [-0.2, 0) is 6.42 Å². The van der Waals surface area contributed by atoms with E-state index in [1.54, 1.807) is 0 Å². The van der Waals surface area contributed by atoms with Crippen molar-refractivity contribution in [2.45, 2.75) is 58.2 Å². The summed E-state index contributed by atoms with van der Waals surface area (Å²) in [4.78, 5) is 0. The van der Waals surface area contributed by atoms with Gasteiger partial charge in [0.25, 0.3) is 0 Å². The van der Waals surface area contributed by atoms with E-state index in [1.165, 1.54) is 11.3 Å². The Hall–Kier alpha value is -0.850. The zero-order chi connectivity index (χ0) is 14.8. The number of nitrogens with zero attached hydrogens (tertiary/aromatic N) is 2. The molecule has 0 bridgehead atoms. The number of hydrogen-bond donors (Lipinski definition) is 1. The van der Waals surface area contributed by atoms with Crippen molar-refractivity contribution in [2.24, 2.45) is 11.8 Å². The van der Waals surface area contributed by atoms with Crippen molar-refractivity contribution < 1.29 is 13.2 Å². The van der Waals surface area contributed by atoms with Gasteiger partial charge in [-0.15, -0.1) is 10.2 Å². The number of aromatic nitrogens is 2. The zero-order valence-electron chi connectivity index (χ0n) is 11.7. The van der Waals surface area contributed by atoms with Gasteiger partial charge in [0.15, 0.2) is 0 Å². The van der Waals surface area contributed by atoms with Gasteiger partial charge in [0.05, 0.1) is 5.92 Å². The summed E-state index contributed by atoms with van der Waals surface area (Å²) >= 11 is 1.37. The van der Waals surface area contributed by atoms with Gasteiger partial charge in [-0.1, -0.05) is 38.0 Å². The van der Waals surface area contributed by atoms with E-state index in [-0.39, 0.29) is 6.42 Å². The molecule has 114 valence electrons. The second-order valence-electron chi connectivity index (χ2n) is 5.78. The summed E-state index contributed by atoms with van der Waals surface area (Å²) in [5.41, 5.74) is 0. The number of rotatable bonds is 4. The van der Waals surface area contributed by atoms with Gasteiger partial charge in [-0.3, -0.25) is 0 Å². The highest BCUT2D eigenvalue weighted by atomic mass is 32.1. The van der Waals surface area contributed by atoms with Crippen molar-refractivity contribution >= 4 is 16.5 Å². The van der Waals surface area contributed by atoms with Gasteiger partial charge in [0.2, 0.25) is 5.13 Å². The molecule has 1 fully saturated rings. The van der Waals surface area contributed by atoms with E-state index < -0.39 is 18.1 Å². The van der Waals surface area contributed by atoms with Crippen LogP contribution in [0.3, 0.4) is 0 Å². The maximum absolute atomic E-state index is 13.0. The number of alkyl halides is 3. The van der Waals surface area contributed by atoms with Gasteiger partial charge in [-0.25, -0.2) is 0 Å². The van der Waals surface area contributed by atoms with Crippen molar-refractivity contribution in [2.75, 3.05) is 5.32 Å². The summed E-state index contributed by atoms with van der Waals surface area (Å²) in [6.45, 7) is 4.16. The Morgan fingerprint density at radius 3 is 2.60 bits per heavy atom. The molecule has 0 aliphatic heterocycles. The lowest BCUT2D eigenvalue weighted by molar-refractivity contribution is -0.184. The average Bonchev–Trinajstić information content (AvgIpc) is 2.75. The fourth-order valence-corrected chi connectivity index (χ4v) is 3.61. The fraction of sp³-hybridized carbons (Fsp3) is 0.846. The van der Waals surface area contributed by atoms with Crippen molar-refractivity contribution in [1.29, 1.82) is 0 Å². The lowest BCUT2D eigenvalue weighted by atomic mass is 9.84. The minimum atomic E-state index is -4.14. The second-order valence-corrected chi connectivity index (χ2v) is 6.84. The first-order chi connectivity index (χ1) is 9.36. The molecule has 1 aliphatic rings. The first kappa shape index (κ1) is 15.5. The Morgan fingerprint density at radius 1 is 1.25 bits per heavy atom. The Morgan fingerprint density at radius 2 is 1.95 bits per heavy atom. The first-order valence-electron chi connectivity index (χ1n) is 7.02. The molecule has 1 aromatic heterocycles. The van der Waals surface area contributed by atoms with E-state index in [1.807, 2.05) is 0 Å². The SMILES string of the molecule is CC(C)Cc1nnc(NC2CCCCC2C(F)(F)F)s1. The van der Waals surface area contributed by atoms with Gasteiger partial charge < -0.3 is 5.32 Å². The smallest absolute Gasteiger partial charge is 0.357 e. The van der Waals surface area contributed by atoms with Gasteiger partial charge in [-0.05, 0) is 18.8 Å². The molecule has 2 unspecified atom stereocenters. The van der Waals surface area contributed by atoms with Crippen LogP contribution in [0.2, 0.25) is 0 Å². The van der Waals surface area contributed by atoms with Crippen LogP contribution in [0.1, 0.15) is 44.5 Å². The quantitative estimate of drug-likeness (QED) is 0.902. The fourth-order valence-electron chi connectivity index (χ4n) is 2.60. The topological polar surface area (TPSA) is 37.8 Å². The predicted octanol–water partition coefficient (Wildman–Crippen LogP) is 4.27. The van der Waals surface area contributed by atoms with Crippen molar-refractivity contribution in [1.82, 2.24) is 10.2 Å². The Kier molecular flexibility index (Phi) is 4.88. The maximum Gasteiger partial charge on any atom is 0.393 e. The monoisotopic (exact) mass is 307 g/mol. The molecule has 3 nitrogen and oxygen atoms in total. The van der Waals surface area contributed by atoms with Gasteiger partial charge in [0, 0.05) is 12.5 Å². The summed E-state index contributed by atoms with van der Waals surface area (Å²) in [6.07, 6.45) is -1.09. The second kappa shape index (κ2) is 6.28. The molecule has 0 spiro atoms. The molecule has 1 aromatic rings.